The van der Waals surface area contributed by atoms with E-state index in [4.69, 9.17) is 4.74 Å². The van der Waals surface area contributed by atoms with E-state index in [2.05, 4.69) is 15.2 Å². The summed E-state index contributed by atoms with van der Waals surface area (Å²) < 4.78 is 20.8. The molecule has 0 bridgehead atoms. The van der Waals surface area contributed by atoms with Crippen LogP contribution in [0, 0.1) is 5.82 Å². The van der Waals surface area contributed by atoms with Crippen LogP contribution in [0.3, 0.4) is 0 Å². The SMILES string of the molecule is CCn1c(SCc2ccc(OC)c(F)c2)nnc1-c1ccncc1. The highest BCUT2D eigenvalue weighted by atomic mass is 32.2. The molecule has 0 aliphatic rings. The molecule has 5 nitrogen and oxygen atoms in total. The molecular weight excluding hydrogens is 327 g/mol. The predicted molar refractivity (Wildman–Crippen MR) is 91.4 cm³/mol. The molecule has 0 aliphatic heterocycles. The summed E-state index contributed by atoms with van der Waals surface area (Å²) in [5.74, 6) is 1.31. The molecule has 7 heteroatoms. The molecule has 0 amide bonds. The van der Waals surface area contributed by atoms with Crippen molar-refractivity contribution in [3.8, 4) is 17.1 Å². The van der Waals surface area contributed by atoms with Gasteiger partial charge in [0.1, 0.15) is 0 Å². The van der Waals surface area contributed by atoms with Gasteiger partial charge in [0, 0.05) is 30.3 Å². The third kappa shape index (κ3) is 3.41. The summed E-state index contributed by atoms with van der Waals surface area (Å²) in [7, 11) is 1.46. The summed E-state index contributed by atoms with van der Waals surface area (Å²) in [5.41, 5.74) is 1.84. The van der Waals surface area contributed by atoms with E-state index in [0.29, 0.717) is 5.75 Å². The molecule has 24 heavy (non-hydrogen) atoms. The molecule has 0 aliphatic carbocycles. The summed E-state index contributed by atoms with van der Waals surface area (Å²) in [6, 6.07) is 8.79. The first-order valence-electron chi connectivity index (χ1n) is 7.51. The van der Waals surface area contributed by atoms with Crippen LogP contribution in [0.5, 0.6) is 5.75 Å². The monoisotopic (exact) mass is 344 g/mol. The molecule has 1 aromatic carbocycles. The van der Waals surface area contributed by atoms with Crippen molar-refractivity contribution in [3.63, 3.8) is 0 Å². The van der Waals surface area contributed by atoms with E-state index in [1.807, 2.05) is 29.7 Å². The van der Waals surface area contributed by atoms with E-state index >= 15 is 0 Å². The smallest absolute Gasteiger partial charge is 0.191 e. The quantitative estimate of drug-likeness (QED) is 0.637. The van der Waals surface area contributed by atoms with E-state index in [1.165, 1.54) is 24.9 Å². The highest BCUT2D eigenvalue weighted by Crippen LogP contribution is 2.27. The summed E-state index contributed by atoms with van der Waals surface area (Å²) >= 11 is 1.53. The first-order valence-corrected chi connectivity index (χ1v) is 8.50. The number of hydrogen-bond donors (Lipinski definition) is 0. The summed E-state index contributed by atoms with van der Waals surface area (Å²) in [6.07, 6.45) is 3.47. The Morgan fingerprint density at radius 2 is 1.96 bits per heavy atom. The van der Waals surface area contributed by atoms with Gasteiger partial charge in [0.05, 0.1) is 7.11 Å². The number of rotatable bonds is 6. The van der Waals surface area contributed by atoms with Crippen molar-refractivity contribution in [2.75, 3.05) is 7.11 Å². The van der Waals surface area contributed by atoms with Crippen LogP contribution < -0.4 is 4.74 Å². The summed E-state index contributed by atoms with van der Waals surface area (Å²) in [4.78, 5) is 4.02. The van der Waals surface area contributed by atoms with Crippen LogP contribution in [0.1, 0.15) is 12.5 Å². The minimum atomic E-state index is -0.356. The first kappa shape index (κ1) is 16.4. The van der Waals surface area contributed by atoms with Gasteiger partial charge in [-0.25, -0.2) is 4.39 Å². The molecule has 0 unspecified atom stereocenters. The van der Waals surface area contributed by atoms with Gasteiger partial charge in [-0.05, 0) is 36.8 Å². The normalized spacial score (nSPS) is 10.8. The molecule has 0 spiro atoms. The molecule has 0 N–H and O–H groups in total. The van der Waals surface area contributed by atoms with Gasteiger partial charge in [-0.3, -0.25) is 4.98 Å². The van der Waals surface area contributed by atoms with Crippen molar-refractivity contribution in [1.82, 2.24) is 19.7 Å². The highest BCUT2D eigenvalue weighted by molar-refractivity contribution is 7.98. The molecule has 2 heterocycles. The number of halogens is 1. The third-order valence-corrected chi connectivity index (χ3v) is 4.59. The number of methoxy groups -OCH3 is 1. The minimum Gasteiger partial charge on any atom is -0.494 e. The Morgan fingerprint density at radius 3 is 2.62 bits per heavy atom. The van der Waals surface area contributed by atoms with E-state index in [9.17, 15) is 4.39 Å². The zero-order valence-electron chi connectivity index (χ0n) is 13.4. The number of pyridine rings is 1. The van der Waals surface area contributed by atoms with Crippen molar-refractivity contribution in [3.05, 3.63) is 54.1 Å². The molecule has 124 valence electrons. The molecule has 0 atom stereocenters. The van der Waals surface area contributed by atoms with Crippen molar-refractivity contribution in [2.45, 2.75) is 24.4 Å². The fourth-order valence-electron chi connectivity index (χ4n) is 2.34. The van der Waals surface area contributed by atoms with Gasteiger partial charge in [-0.15, -0.1) is 10.2 Å². The van der Waals surface area contributed by atoms with Gasteiger partial charge < -0.3 is 9.30 Å². The number of thioether (sulfide) groups is 1. The maximum Gasteiger partial charge on any atom is 0.191 e. The average molecular weight is 344 g/mol. The average Bonchev–Trinajstić information content (AvgIpc) is 3.03. The molecule has 3 aromatic rings. The zero-order valence-corrected chi connectivity index (χ0v) is 14.3. The van der Waals surface area contributed by atoms with Crippen LogP contribution >= 0.6 is 11.8 Å². The van der Waals surface area contributed by atoms with Crippen molar-refractivity contribution in [1.29, 1.82) is 0 Å². The standard InChI is InChI=1S/C17H17FN4OS/c1-3-22-16(13-6-8-19-9-7-13)20-21-17(22)24-11-12-4-5-15(23-2)14(18)10-12/h4-10H,3,11H2,1-2H3. The lowest BCUT2D eigenvalue weighted by Gasteiger charge is -2.08. The Bertz CT molecular complexity index is 823. The lowest BCUT2D eigenvalue weighted by Crippen LogP contribution is -2.00. The predicted octanol–water partition coefficient (Wildman–Crippen LogP) is 3.80. The van der Waals surface area contributed by atoms with Crippen LogP contribution in [-0.4, -0.2) is 26.9 Å². The topological polar surface area (TPSA) is 52.8 Å². The van der Waals surface area contributed by atoms with Crippen LogP contribution in [0.4, 0.5) is 4.39 Å². The van der Waals surface area contributed by atoms with E-state index in [0.717, 1.165) is 28.7 Å². The van der Waals surface area contributed by atoms with Crippen LogP contribution in [0.25, 0.3) is 11.4 Å². The van der Waals surface area contributed by atoms with E-state index < -0.39 is 0 Å². The van der Waals surface area contributed by atoms with Crippen molar-refractivity contribution < 1.29 is 9.13 Å². The maximum atomic E-state index is 13.8. The minimum absolute atomic E-state index is 0.250. The second-order valence-corrected chi connectivity index (χ2v) is 5.99. The number of benzene rings is 1. The molecule has 0 radical (unpaired) electrons. The fourth-order valence-corrected chi connectivity index (χ4v) is 3.29. The van der Waals surface area contributed by atoms with Gasteiger partial charge in [0.25, 0.3) is 0 Å². The van der Waals surface area contributed by atoms with Crippen LogP contribution in [-0.2, 0) is 12.3 Å². The molecular formula is C17H17FN4OS. The maximum absolute atomic E-state index is 13.8. The Labute approximate surface area is 143 Å². The summed E-state index contributed by atoms with van der Waals surface area (Å²) in [5, 5.41) is 9.36. The molecule has 0 saturated carbocycles. The molecule has 0 fully saturated rings. The second-order valence-electron chi connectivity index (χ2n) is 5.04. The number of hydrogen-bond acceptors (Lipinski definition) is 5. The first-order chi connectivity index (χ1) is 11.7. The van der Waals surface area contributed by atoms with Gasteiger partial charge in [0.2, 0.25) is 0 Å². The lowest BCUT2D eigenvalue weighted by molar-refractivity contribution is 0.386. The Morgan fingerprint density at radius 1 is 1.17 bits per heavy atom. The van der Waals surface area contributed by atoms with Crippen LogP contribution in [0.15, 0.2) is 47.9 Å². The fraction of sp³-hybridized carbons (Fsp3) is 0.235. The molecule has 3 rings (SSSR count). The van der Waals surface area contributed by atoms with Crippen LogP contribution in [0.2, 0.25) is 0 Å². The largest absolute Gasteiger partial charge is 0.494 e. The third-order valence-electron chi connectivity index (χ3n) is 3.56. The zero-order chi connectivity index (χ0) is 16.9. The Kier molecular flexibility index (Phi) is 5.10. The number of aromatic nitrogens is 4. The van der Waals surface area contributed by atoms with Crippen molar-refractivity contribution >= 4 is 11.8 Å². The highest BCUT2D eigenvalue weighted by Gasteiger charge is 2.13. The summed E-state index contributed by atoms with van der Waals surface area (Å²) in [6.45, 7) is 2.80. The molecule has 2 aromatic heterocycles. The van der Waals surface area contributed by atoms with Gasteiger partial charge in [0.15, 0.2) is 22.5 Å². The number of nitrogens with zero attached hydrogens (tertiary/aromatic N) is 4. The number of ether oxygens (including phenoxy) is 1. The lowest BCUT2D eigenvalue weighted by atomic mass is 10.2. The van der Waals surface area contributed by atoms with Gasteiger partial charge in [-0.1, -0.05) is 17.8 Å². The van der Waals surface area contributed by atoms with Crippen molar-refractivity contribution in [2.24, 2.45) is 0 Å². The Balaban J connectivity index is 1.79. The van der Waals surface area contributed by atoms with E-state index in [-0.39, 0.29) is 11.6 Å². The second kappa shape index (κ2) is 7.44. The van der Waals surface area contributed by atoms with Gasteiger partial charge >= 0.3 is 0 Å². The van der Waals surface area contributed by atoms with E-state index in [1.54, 1.807) is 18.5 Å². The Hall–Kier alpha value is -2.41. The van der Waals surface area contributed by atoms with Gasteiger partial charge in [-0.2, -0.15) is 0 Å². The molecule has 0 saturated heterocycles.